The van der Waals surface area contributed by atoms with Crippen molar-refractivity contribution in [3.8, 4) is 0 Å². The SMILES string of the molecule is CCC=CCC=CCC=CCC=CCC=CCCCC(=O)N[C@@H](COC1OC(CO)C(O)C(O)C1O)[C@H](O)[C@H](O)CCCCCCCCCCCCCC. The van der Waals surface area contributed by atoms with Gasteiger partial charge in [-0.3, -0.25) is 4.79 Å². The molecular weight excluding hydrogens is 686 g/mol. The normalized spacial score (nSPS) is 22.7. The first-order chi connectivity index (χ1) is 26.3. The van der Waals surface area contributed by atoms with Crippen LogP contribution < -0.4 is 5.32 Å². The molecule has 54 heavy (non-hydrogen) atoms. The van der Waals surface area contributed by atoms with Crippen molar-refractivity contribution >= 4 is 5.91 Å². The summed E-state index contributed by atoms with van der Waals surface area (Å²) >= 11 is 0. The molecule has 1 fully saturated rings. The molecule has 0 radical (unpaired) electrons. The van der Waals surface area contributed by atoms with Crippen LogP contribution in [0.5, 0.6) is 0 Å². The topological polar surface area (TPSA) is 169 Å². The van der Waals surface area contributed by atoms with E-state index in [1.165, 1.54) is 51.4 Å². The van der Waals surface area contributed by atoms with Gasteiger partial charge in [0.1, 0.15) is 30.5 Å². The van der Waals surface area contributed by atoms with Crippen LogP contribution in [0.15, 0.2) is 60.8 Å². The van der Waals surface area contributed by atoms with Crippen molar-refractivity contribution in [1.29, 1.82) is 0 Å². The molecule has 0 aliphatic carbocycles. The van der Waals surface area contributed by atoms with Crippen LogP contribution in [-0.4, -0.2) is 98.7 Å². The lowest BCUT2D eigenvalue weighted by molar-refractivity contribution is -0.303. The summed E-state index contributed by atoms with van der Waals surface area (Å²) in [5, 5.41) is 64.9. The van der Waals surface area contributed by atoms with Gasteiger partial charge < -0.3 is 45.4 Å². The number of ether oxygens (including phenoxy) is 2. The number of carbonyl (C=O) groups excluding carboxylic acids is 1. The summed E-state index contributed by atoms with van der Waals surface area (Å²) in [7, 11) is 0. The van der Waals surface area contributed by atoms with Crippen LogP contribution in [0.25, 0.3) is 0 Å². The van der Waals surface area contributed by atoms with E-state index in [9.17, 15) is 35.4 Å². The molecule has 1 heterocycles. The molecule has 1 amide bonds. The third kappa shape index (κ3) is 24.4. The number of hydrogen-bond donors (Lipinski definition) is 7. The number of aliphatic hydroxyl groups is 6. The van der Waals surface area contributed by atoms with Crippen LogP contribution in [-0.2, 0) is 14.3 Å². The third-order valence-corrected chi connectivity index (χ3v) is 9.73. The zero-order chi connectivity index (χ0) is 39.7. The molecule has 0 spiro atoms. The summed E-state index contributed by atoms with van der Waals surface area (Å²) in [5.41, 5.74) is 0. The molecule has 1 aliphatic heterocycles. The van der Waals surface area contributed by atoms with Gasteiger partial charge in [-0.05, 0) is 51.4 Å². The van der Waals surface area contributed by atoms with E-state index in [1.807, 2.05) is 6.08 Å². The summed E-state index contributed by atoms with van der Waals surface area (Å²) in [4.78, 5) is 12.9. The number of rotatable bonds is 33. The minimum Gasteiger partial charge on any atom is -0.394 e. The summed E-state index contributed by atoms with van der Waals surface area (Å²) in [6.45, 7) is 3.42. The van der Waals surface area contributed by atoms with E-state index >= 15 is 0 Å². The Morgan fingerprint density at radius 3 is 1.69 bits per heavy atom. The lowest BCUT2D eigenvalue weighted by atomic mass is 9.98. The molecule has 8 atom stereocenters. The molecule has 312 valence electrons. The maximum Gasteiger partial charge on any atom is 0.220 e. The maximum atomic E-state index is 12.9. The average molecular weight is 764 g/mol. The number of aliphatic hydroxyl groups excluding tert-OH is 6. The molecule has 0 aromatic rings. The number of carbonyl (C=O) groups is 1. The van der Waals surface area contributed by atoms with Gasteiger partial charge in [0, 0.05) is 6.42 Å². The first-order valence-corrected chi connectivity index (χ1v) is 21.1. The van der Waals surface area contributed by atoms with E-state index in [0.29, 0.717) is 19.3 Å². The lowest BCUT2D eigenvalue weighted by Crippen LogP contribution is -2.60. The van der Waals surface area contributed by atoms with Crippen molar-refractivity contribution < 1.29 is 44.9 Å². The molecule has 1 aliphatic rings. The van der Waals surface area contributed by atoms with E-state index < -0.39 is 55.6 Å². The second-order valence-electron chi connectivity index (χ2n) is 14.5. The third-order valence-electron chi connectivity index (χ3n) is 9.73. The molecule has 0 saturated carbocycles. The Morgan fingerprint density at radius 2 is 1.17 bits per heavy atom. The van der Waals surface area contributed by atoms with Gasteiger partial charge in [-0.2, -0.15) is 0 Å². The highest BCUT2D eigenvalue weighted by molar-refractivity contribution is 5.76. The van der Waals surface area contributed by atoms with Crippen molar-refractivity contribution in [2.24, 2.45) is 0 Å². The van der Waals surface area contributed by atoms with Gasteiger partial charge in [0.05, 0.1) is 25.4 Å². The van der Waals surface area contributed by atoms with E-state index in [0.717, 1.165) is 57.8 Å². The predicted octanol–water partition coefficient (Wildman–Crippen LogP) is 7.02. The fraction of sp³-hybridized carbons (Fsp3) is 0.750. The highest BCUT2D eigenvalue weighted by Gasteiger charge is 2.44. The Kier molecular flexibility index (Phi) is 31.5. The van der Waals surface area contributed by atoms with Gasteiger partial charge in [-0.25, -0.2) is 0 Å². The maximum absolute atomic E-state index is 12.9. The highest BCUT2D eigenvalue weighted by Crippen LogP contribution is 2.23. The van der Waals surface area contributed by atoms with Crippen LogP contribution in [0, 0.1) is 0 Å². The van der Waals surface area contributed by atoms with Crippen molar-refractivity contribution in [2.45, 2.75) is 198 Å². The average Bonchev–Trinajstić information content (AvgIpc) is 3.17. The van der Waals surface area contributed by atoms with E-state index in [2.05, 4.69) is 73.8 Å². The monoisotopic (exact) mass is 764 g/mol. The van der Waals surface area contributed by atoms with Crippen LogP contribution in [0.3, 0.4) is 0 Å². The molecule has 10 heteroatoms. The number of allylic oxidation sites excluding steroid dienone is 10. The molecule has 1 rings (SSSR count). The van der Waals surface area contributed by atoms with E-state index in [-0.39, 0.29) is 18.9 Å². The lowest BCUT2D eigenvalue weighted by Gasteiger charge is -2.40. The second-order valence-corrected chi connectivity index (χ2v) is 14.5. The van der Waals surface area contributed by atoms with Crippen LogP contribution >= 0.6 is 0 Å². The van der Waals surface area contributed by atoms with Gasteiger partial charge in [-0.15, -0.1) is 0 Å². The van der Waals surface area contributed by atoms with Crippen molar-refractivity contribution in [1.82, 2.24) is 5.32 Å². The molecule has 7 N–H and O–H groups in total. The largest absolute Gasteiger partial charge is 0.394 e. The molecule has 0 aromatic heterocycles. The fourth-order valence-corrected chi connectivity index (χ4v) is 6.29. The van der Waals surface area contributed by atoms with Crippen LogP contribution in [0.1, 0.15) is 149 Å². The van der Waals surface area contributed by atoms with Crippen molar-refractivity contribution in [2.75, 3.05) is 13.2 Å². The van der Waals surface area contributed by atoms with Crippen molar-refractivity contribution in [3.05, 3.63) is 60.8 Å². The number of amides is 1. The predicted molar refractivity (Wildman–Crippen MR) is 218 cm³/mol. The first kappa shape index (κ1) is 49.9. The van der Waals surface area contributed by atoms with Gasteiger partial charge in [-0.1, -0.05) is 152 Å². The number of unbranched alkanes of at least 4 members (excludes halogenated alkanes) is 12. The first-order valence-electron chi connectivity index (χ1n) is 21.1. The second kappa shape index (κ2) is 34.1. The Hall–Kier alpha value is -2.15. The molecule has 1 saturated heterocycles. The van der Waals surface area contributed by atoms with Gasteiger partial charge in [0.25, 0.3) is 0 Å². The van der Waals surface area contributed by atoms with Crippen LogP contribution in [0.2, 0.25) is 0 Å². The van der Waals surface area contributed by atoms with Gasteiger partial charge in [0.15, 0.2) is 6.29 Å². The molecule has 10 nitrogen and oxygen atoms in total. The molecular formula is C44H77NO9. The Balaban J connectivity index is 2.51. The quantitative estimate of drug-likeness (QED) is 0.0274. The minimum atomic E-state index is -1.62. The Labute approximate surface area is 327 Å². The van der Waals surface area contributed by atoms with Gasteiger partial charge >= 0.3 is 0 Å². The van der Waals surface area contributed by atoms with Crippen molar-refractivity contribution in [3.63, 3.8) is 0 Å². The number of nitrogens with one attached hydrogen (secondary N) is 1. The molecule has 5 unspecified atom stereocenters. The minimum absolute atomic E-state index is 0.201. The zero-order valence-corrected chi connectivity index (χ0v) is 33.6. The Bertz CT molecular complexity index is 1040. The van der Waals surface area contributed by atoms with E-state index in [4.69, 9.17) is 9.47 Å². The summed E-state index contributed by atoms with van der Waals surface area (Å²) in [6, 6.07) is -1.02. The smallest absolute Gasteiger partial charge is 0.220 e. The summed E-state index contributed by atoms with van der Waals surface area (Å²) in [5.74, 6) is -0.318. The summed E-state index contributed by atoms with van der Waals surface area (Å²) < 4.78 is 11.1. The Morgan fingerprint density at radius 1 is 0.667 bits per heavy atom. The fourth-order valence-electron chi connectivity index (χ4n) is 6.29. The van der Waals surface area contributed by atoms with Crippen LogP contribution in [0.4, 0.5) is 0 Å². The zero-order valence-electron chi connectivity index (χ0n) is 33.6. The molecule has 0 bridgehead atoms. The highest BCUT2D eigenvalue weighted by atomic mass is 16.7. The van der Waals surface area contributed by atoms with Gasteiger partial charge in [0.2, 0.25) is 5.91 Å². The standard InChI is InChI=1S/C44H77NO9/c1-3-5-7-9-11-13-15-17-18-19-20-21-23-25-27-29-31-33-39(48)45-36(35-53-44-43(52)42(51)41(50)38(34-46)54-44)40(49)37(47)32-30-28-26-24-22-16-14-12-10-8-6-4-2/h5,7,11,13,17-18,20-21,25,27,36-38,40-44,46-47,49-52H,3-4,6,8-10,12,14-16,19,22-24,26,28-35H2,1-2H3,(H,45,48)/t36-,37+,38?,40-,41?,42?,43?,44?/m0/s1. The molecule has 0 aromatic carbocycles. The van der Waals surface area contributed by atoms with E-state index in [1.54, 1.807) is 0 Å². The summed E-state index contributed by atoms with van der Waals surface area (Å²) in [6.07, 6.45) is 32.3. The number of hydrogen-bond acceptors (Lipinski definition) is 9.